The largest absolute Gasteiger partial charge is 0.508 e. The number of phenolic OH excluding ortho intramolecular Hbond substituents is 2. The van der Waals surface area contributed by atoms with Crippen molar-refractivity contribution in [3.05, 3.63) is 28.2 Å². The van der Waals surface area contributed by atoms with Crippen molar-refractivity contribution in [2.75, 3.05) is 19.0 Å². The third kappa shape index (κ3) is 8.06. The van der Waals surface area contributed by atoms with Crippen LogP contribution in [-0.4, -0.2) is 52.3 Å². The normalized spacial score (nSPS) is 17.9. The lowest BCUT2D eigenvalue weighted by Gasteiger charge is -2.27. The van der Waals surface area contributed by atoms with Crippen molar-refractivity contribution in [3.63, 3.8) is 0 Å². The Morgan fingerprint density at radius 2 is 1.90 bits per heavy atom. The monoisotopic (exact) mass is 443 g/mol. The van der Waals surface area contributed by atoms with Crippen molar-refractivity contribution in [2.24, 2.45) is 11.2 Å². The molecule has 1 aliphatic carbocycles. The van der Waals surface area contributed by atoms with Crippen LogP contribution in [0.1, 0.15) is 55.5 Å². The van der Waals surface area contributed by atoms with Gasteiger partial charge in [0.2, 0.25) is 0 Å². The standard InChI is InChI=1S/C10H18ClN3O2.C10H12O4/c1-8-2-4-9(5-3-8)12-10(15)14(13-16)7-6-11;1-3-14-10(13)9-6(2)4-7(11)5-8(9)12/h8-9H,2-7H2,1H3,(H,12,15);4-5,11-12H,3H2,1-2H3. The van der Waals surface area contributed by atoms with Crippen LogP contribution in [0.4, 0.5) is 4.79 Å². The summed E-state index contributed by atoms with van der Waals surface area (Å²) in [4.78, 5) is 33.3. The van der Waals surface area contributed by atoms with E-state index < -0.39 is 12.0 Å². The van der Waals surface area contributed by atoms with Crippen LogP contribution in [0.3, 0.4) is 0 Å². The first kappa shape index (κ1) is 25.5. The second kappa shape index (κ2) is 12.9. The summed E-state index contributed by atoms with van der Waals surface area (Å²) >= 11 is 5.46. The van der Waals surface area contributed by atoms with Crippen LogP contribution in [0, 0.1) is 17.7 Å². The Bertz CT molecular complexity index is 699. The fraction of sp³-hybridized carbons (Fsp3) is 0.600. The van der Waals surface area contributed by atoms with Crippen LogP contribution in [0.2, 0.25) is 0 Å². The molecule has 0 unspecified atom stereocenters. The van der Waals surface area contributed by atoms with Crippen LogP contribution in [0.15, 0.2) is 17.4 Å². The number of nitroso groups, excluding NO2 is 1. The predicted octanol–water partition coefficient (Wildman–Crippen LogP) is 4.08. The molecular weight excluding hydrogens is 414 g/mol. The topological polar surface area (TPSA) is 129 Å². The molecule has 0 aliphatic heterocycles. The van der Waals surface area contributed by atoms with Crippen LogP contribution in [0.5, 0.6) is 11.5 Å². The van der Waals surface area contributed by atoms with Crippen molar-refractivity contribution in [2.45, 2.75) is 52.5 Å². The summed E-state index contributed by atoms with van der Waals surface area (Å²) in [6, 6.07) is 2.24. The summed E-state index contributed by atoms with van der Waals surface area (Å²) in [7, 11) is 0. The number of aromatic hydroxyl groups is 2. The zero-order chi connectivity index (χ0) is 22.7. The number of nitrogens with one attached hydrogen (secondary N) is 1. The lowest BCUT2D eigenvalue weighted by Crippen LogP contribution is -2.44. The zero-order valence-electron chi connectivity index (χ0n) is 17.6. The number of ether oxygens (including phenoxy) is 1. The number of rotatable bonds is 6. The summed E-state index contributed by atoms with van der Waals surface area (Å²) in [5.41, 5.74) is 0.589. The Balaban J connectivity index is 0.000000303. The number of carbonyl (C=O) groups is 2. The van der Waals surface area contributed by atoms with E-state index >= 15 is 0 Å². The fourth-order valence-electron chi connectivity index (χ4n) is 3.13. The number of alkyl halides is 1. The molecule has 2 rings (SSSR count). The highest BCUT2D eigenvalue weighted by Crippen LogP contribution is 2.27. The van der Waals surface area contributed by atoms with E-state index in [1.165, 1.54) is 6.07 Å². The Morgan fingerprint density at radius 1 is 1.27 bits per heavy atom. The molecule has 9 nitrogen and oxygen atoms in total. The lowest BCUT2D eigenvalue weighted by molar-refractivity contribution is 0.0522. The van der Waals surface area contributed by atoms with Gasteiger partial charge in [0.15, 0.2) is 0 Å². The molecule has 1 saturated carbocycles. The Morgan fingerprint density at radius 3 is 2.40 bits per heavy atom. The number of benzene rings is 1. The summed E-state index contributed by atoms with van der Waals surface area (Å²) in [5, 5.41) is 24.8. The molecule has 10 heteroatoms. The molecule has 0 heterocycles. The molecule has 1 aliphatic rings. The number of phenols is 2. The van der Waals surface area contributed by atoms with Crippen molar-refractivity contribution in [1.29, 1.82) is 0 Å². The van der Waals surface area contributed by atoms with Crippen molar-refractivity contribution < 1.29 is 24.5 Å². The third-order valence-electron chi connectivity index (χ3n) is 4.75. The molecule has 0 radical (unpaired) electrons. The first-order valence-electron chi connectivity index (χ1n) is 9.90. The number of hydrogen-bond acceptors (Lipinski definition) is 7. The SMILES string of the molecule is CC1CCC(NC(=O)N(CCCl)N=O)CC1.CCOC(=O)c1c(C)cc(O)cc1O. The second-order valence-electron chi connectivity index (χ2n) is 7.18. The Kier molecular flexibility index (Phi) is 11.0. The molecule has 0 bridgehead atoms. The fourth-order valence-corrected chi connectivity index (χ4v) is 3.29. The summed E-state index contributed by atoms with van der Waals surface area (Å²) in [6.07, 6.45) is 4.19. The summed E-state index contributed by atoms with van der Waals surface area (Å²) in [5.74, 6) is 0.0220. The number of hydrogen-bond donors (Lipinski definition) is 3. The number of nitrogens with zero attached hydrogens (tertiary/aromatic N) is 2. The number of urea groups is 1. The zero-order valence-corrected chi connectivity index (χ0v) is 18.3. The highest BCUT2D eigenvalue weighted by atomic mass is 35.5. The first-order valence-corrected chi connectivity index (χ1v) is 10.4. The molecule has 0 aromatic heterocycles. The number of carbonyl (C=O) groups excluding carboxylic acids is 2. The third-order valence-corrected chi connectivity index (χ3v) is 4.92. The van der Waals surface area contributed by atoms with Crippen LogP contribution >= 0.6 is 11.6 Å². The number of amides is 2. The smallest absolute Gasteiger partial charge is 0.342 e. The van der Waals surface area contributed by atoms with Gasteiger partial charge in [-0.2, -0.15) is 5.01 Å². The van der Waals surface area contributed by atoms with Gasteiger partial charge < -0.3 is 20.3 Å². The highest BCUT2D eigenvalue weighted by Gasteiger charge is 2.22. The maximum atomic E-state index is 11.6. The Labute approximate surface area is 181 Å². The van der Waals surface area contributed by atoms with Gasteiger partial charge in [0.1, 0.15) is 17.1 Å². The highest BCUT2D eigenvalue weighted by molar-refractivity contribution is 6.18. The molecule has 1 aromatic carbocycles. The van der Waals surface area contributed by atoms with Crippen LogP contribution in [-0.2, 0) is 4.74 Å². The van der Waals surface area contributed by atoms with Gasteiger partial charge in [-0.25, -0.2) is 9.59 Å². The van der Waals surface area contributed by atoms with E-state index in [-0.39, 0.29) is 42.1 Å². The van der Waals surface area contributed by atoms with E-state index in [1.54, 1.807) is 13.8 Å². The van der Waals surface area contributed by atoms with Crippen molar-refractivity contribution in [3.8, 4) is 11.5 Å². The summed E-state index contributed by atoms with van der Waals surface area (Å²) in [6.45, 7) is 5.92. The molecule has 2 amide bonds. The minimum atomic E-state index is -0.581. The van der Waals surface area contributed by atoms with Crippen LogP contribution < -0.4 is 5.32 Å². The van der Waals surface area contributed by atoms with Gasteiger partial charge in [-0.05, 0) is 57.1 Å². The van der Waals surface area contributed by atoms with Gasteiger partial charge in [-0.1, -0.05) is 6.92 Å². The average Bonchev–Trinajstić information content (AvgIpc) is 2.67. The van der Waals surface area contributed by atoms with Crippen LogP contribution in [0.25, 0.3) is 0 Å². The predicted molar refractivity (Wildman–Crippen MR) is 114 cm³/mol. The Hall–Kier alpha value is -2.55. The van der Waals surface area contributed by atoms with E-state index in [1.807, 2.05) is 0 Å². The van der Waals surface area contributed by atoms with Crippen molar-refractivity contribution in [1.82, 2.24) is 10.3 Å². The van der Waals surface area contributed by atoms with Gasteiger partial charge in [0.05, 0.1) is 18.4 Å². The van der Waals surface area contributed by atoms with Gasteiger partial charge in [0.25, 0.3) is 0 Å². The molecule has 1 fully saturated rings. The van der Waals surface area contributed by atoms with Gasteiger partial charge in [0, 0.05) is 18.0 Å². The van der Waals surface area contributed by atoms with E-state index in [0.717, 1.165) is 42.7 Å². The van der Waals surface area contributed by atoms with Gasteiger partial charge in [-0.15, -0.1) is 16.5 Å². The lowest BCUT2D eigenvalue weighted by atomic mass is 9.87. The van der Waals surface area contributed by atoms with Crippen molar-refractivity contribution >= 4 is 23.6 Å². The molecule has 3 N–H and O–H groups in total. The molecular formula is C20H30ClN3O6. The minimum absolute atomic E-state index is 0.0759. The molecule has 0 saturated heterocycles. The minimum Gasteiger partial charge on any atom is -0.508 e. The van der Waals surface area contributed by atoms with E-state index in [9.17, 15) is 19.6 Å². The molecule has 168 valence electrons. The molecule has 0 atom stereocenters. The maximum absolute atomic E-state index is 11.6. The molecule has 1 aromatic rings. The maximum Gasteiger partial charge on any atom is 0.342 e. The van der Waals surface area contributed by atoms with E-state index in [2.05, 4.69) is 17.5 Å². The van der Waals surface area contributed by atoms with Gasteiger partial charge >= 0.3 is 12.0 Å². The quantitative estimate of drug-likeness (QED) is 0.263. The average molecular weight is 444 g/mol. The van der Waals surface area contributed by atoms with E-state index in [4.69, 9.17) is 21.4 Å². The number of halogens is 1. The summed E-state index contributed by atoms with van der Waals surface area (Å²) < 4.78 is 4.75. The number of aryl methyl sites for hydroxylation is 1. The first-order chi connectivity index (χ1) is 14.2. The van der Waals surface area contributed by atoms with Gasteiger partial charge in [-0.3, -0.25) is 0 Å². The molecule has 30 heavy (non-hydrogen) atoms. The second-order valence-corrected chi connectivity index (χ2v) is 7.56. The number of esters is 1. The molecule has 0 spiro atoms. The van der Waals surface area contributed by atoms with E-state index in [0.29, 0.717) is 5.56 Å².